The molecule has 2 aromatic heterocycles. The number of thiophene rings is 1. The first-order valence-electron chi connectivity index (χ1n) is 6.93. The highest BCUT2D eigenvalue weighted by Crippen LogP contribution is 2.26. The molecule has 0 radical (unpaired) electrons. The van der Waals surface area contributed by atoms with Crippen LogP contribution in [0.1, 0.15) is 27.7 Å². The van der Waals surface area contributed by atoms with Crippen molar-refractivity contribution in [3.8, 4) is 0 Å². The number of hydrogen-bond donors (Lipinski definition) is 3. The lowest BCUT2D eigenvalue weighted by molar-refractivity contribution is -0.120. The largest absolute Gasteiger partial charge is 0.360 e. The minimum atomic E-state index is -0.239. The Labute approximate surface area is 128 Å². The highest BCUT2D eigenvalue weighted by atomic mass is 32.1. The monoisotopic (exact) mass is 307 g/mol. The molecule has 0 aliphatic heterocycles. The highest BCUT2D eigenvalue weighted by molar-refractivity contribution is 7.16. The van der Waals surface area contributed by atoms with Crippen molar-refractivity contribution in [3.05, 3.63) is 11.4 Å². The predicted octanol–water partition coefficient (Wildman–Crippen LogP) is 2.45. The number of anilines is 2. The maximum absolute atomic E-state index is 11.9. The van der Waals surface area contributed by atoms with Gasteiger partial charge in [0.15, 0.2) is 0 Å². The molecule has 21 heavy (non-hydrogen) atoms. The number of aromatic nitrogens is 2. The van der Waals surface area contributed by atoms with Gasteiger partial charge in [0.05, 0.1) is 11.9 Å². The van der Waals surface area contributed by atoms with E-state index in [1.165, 1.54) is 0 Å². The molecule has 2 heterocycles. The van der Waals surface area contributed by atoms with E-state index in [9.17, 15) is 4.79 Å². The third-order valence-corrected chi connectivity index (χ3v) is 3.40. The average Bonchev–Trinajstić information content (AvgIpc) is 2.82. The lowest BCUT2D eigenvalue weighted by atomic mass is 10.1. The molecule has 0 unspecified atom stereocenters. The van der Waals surface area contributed by atoms with E-state index in [1.54, 1.807) is 11.3 Å². The van der Waals surface area contributed by atoms with E-state index >= 15 is 0 Å². The number of carbonyl (C=O) groups is 1. The van der Waals surface area contributed by atoms with Gasteiger partial charge in [0, 0.05) is 12.1 Å². The van der Waals surface area contributed by atoms with Crippen molar-refractivity contribution >= 4 is 39.2 Å². The Morgan fingerprint density at radius 1 is 1.29 bits per heavy atom. The molecule has 0 bridgehead atoms. The molecule has 2 aromatic rings. The maximum Gasteiger partial charge on any atom is 0.239 e. The van der Waals surface area contributed by atoms with Gasteiger partial charge in [0.2, 0.25) is 11.9 Å². The second-order valence-corrected chi connectivity index (χ2v) is 6.61. The summed E-state index contributed by atoms with van der Waals surface area (Å²) in [5.74, 6) is 1.20. The summed E-state index contributed by atoms with van der Waals surface area (Å²) in [5, 5.41) is 12.0. The third-order valence-electron chi connectivity index (χ3n) is 2.59. The average molecular weight is 307 g/mol. The minimum absolute atomic E-state index is 0.0607. The summed E-state index contributed by atoms with van der Waals surface area (Å²) in [6, 6.07) is 1.96. The number of hydrogen-bond acceptors (Lipinski definition) is 6. The van der Waals surface area contributed by atoms with Crippen LogP contribution in [0.3, 0.4) is 0 Å². The van der Waals surface area contributed by atoms with Gasteiger partial charge in [-0.3, -0.25) is 4.79 Å². The summed E-state index contributed by atoms with van der Waals surface area (Å²) < 4.78 is 0. The molecule has 7 heteroatoms. The first-order valence-corrected chi connectivity index (χ1v) is 7.81. The molecule has 0 aromatic carbocycles. The second kappa shape index (κ2) is 6.26. The van der Waals surface area contributed by atoms with Crippen LogP contribution in [-0.4, -0.2) is 34.5 Å². The van der Waals surface area contributed by atoms with Crippen LogP contribution in [0.25, 0.3) is 10.2 Å². The van der Waals surface area contributed by atoms with Crippen molar-refractivity contribution in [1.82, 2.24) is 15.3 Å². The SMILES string of the molecule is CCNc1nc(NCC(=O)NC(C)(C)C)c2ccsc2n1. The zero-order valence-corrected chi connectivity index (χ0v) is 13.6. The van der Waals surface area contributed by atoms with Crippen molar-refractivity contribution in [2.75, 3.05) is 23.7 Å². The van der Waals surface area contributed by atoms with Crippen LogP contribution in [-0.2, 0) is 4.79 Å². The smallest absolute Gasteiger partial charge is 0.239 e. The molecule has 0 saturated heterocycles. The topological polar surface area (TPSA) is 78.9 Å². The zero-order chi connectivity index (χ0) is 15.5. The Hall–Kier alpha value is -1.89. The lowest BCUT2D eigenvalue weighted by Crippen LogP contribution is -2.43. The van der Waals surface area contributed by atoms with Gasteiger partial charge in [-0.05, 0) is 39.1 Å². The molecule has 2 rings (SSSR count). The van der Waals surface area contributed by atoms with Crippen molar-refractivity contribution in [2.24, 2.45) is 0 Å². The van der Waals surface area contributed by atoms with E-state index in [0.29, 0.717) is 11.8 Å². The van der Waals surface area contributed by atoms with Gasteiger partial charge < -0.3 is 16.0 Å². The van der Waals surface area contributed by atoms with E-state index in [2.05, 4.69) is 25.9 Å². The van der Waals surface area contributed by atoms with Gasteiger partial charge >= 0.3 is 0 Å². The Morgan fingerprint density at radius 3 is 2.71 bits per heavy atom. The first-order chi connectivity index (χ1) is 9.89. The van der Waals surface area contributed by atoms with Gasteiger partial charge in [-0.25, -0.2) is 4.98 Å². The van der Waals surface area contributed by atoms with Crippen LogP contribution in [0.15, 0.2) is 11.4 Å². The minimum Gasteiger partial charge on any atom is -0.360 e. The standard InChI is InChI=1S/C14H21N5OS/c1-5-15-13-17-11(9-6-7-21-12(9)18-13)16-8-10(20)19-14(2,3)4/h6-7H,5,8H2,1-4H3,(H,19,20)(H2,15,16,17,18). The van der Waals surface area contributed by atoms with Crippen LogP contribution in [0.2, 0.25) is 0 Å². The van der Waals surface area contributed by atoms with Crippen LogP contribution in [0.4, 0.5) is 11.8 Å². The lowest BCUT2D eigenvalue weighted by Gasteiger charge is -2.20. The van der Waals surface area contributed by atoms with Crippen molar-refractivity contribution in [2.45, 2.75) is 33.2 Å². The van der Waals surface area contributed by atoms with E-state index in [0.717, 1.165) is 16.8 Å². The predicted molar refractivity (Wildman–Crippen MR) is 88.0 cm³/mol. The number of nitrogens with one attached hydrogen (secondary N) is 3. The van der Waals surface area contributed by atoms with E-state index in [-0.39, 0.29) is 18.0 Å². The first kappa shape index (κ1) is 15.5. The molecule has 3 N–H and O–H groups in total. The van der Waals surface area contributed by atoms with Crippen LogP contribution in [0, 0.1) is 0 Å². The van der Waals surface area contributed by atoms with E-state index in [1.807, 2.05) is 39.1 Å². The Morgan fingerprint density at radius 2 is 2.05 bits per heavy atom. The molecule has 0 fully saturated rings. The fourth-order valence-electron chi connectivity index (χ4n) is 1.85. The molecule has 0 aliphatic carbocycles. The molecule has 6 nitrogen and oxygen atoms in total. The fraction of sp³-hybridized carbons (Fsp3) is 0.500. The van der Waals surface area contributed by atoms with Gasteiger partial charge in [-0.2, -0.15) is 4.98 Å². The van der Waals surface area contributed by atoms with Crippen LogP contribution >= 0.6 is 11.3 Å². The van der Waals surface area contributed by atoms with Crippen molar-refractivity contribution in [3.63, 3.8) is 0 Å². The van der Waals surface area contributed by atoms with Gasteiger partial charge in [0.1, 0.15) is 10.6 Å². The molecular weight excluding hydrogens is 286 g/mol. The van der Waals surface area contributed by atoms with Gasteiger partial charge in [-0.15, -0.1) is 11.3 Å². The summed E-state index contributed by atoms with van der Waals surface area (Å²) >= 11 is 1.55. The zero-order valence-electron chi connectivity index (χ0n) is 12.8. The Bertz CT molecular complexity index is 632. The Balaban J connectivity index is 2.13. The third kappa shape index (κ3) is 4.29. The number of nitrogens with zero attached hydrogens (tertiary/aromatic N) is 2. The van der Waals surface area contributed by atoms with E-state index < -0.39 is 0 Å². The second-order valence-electron chi connectivity index (χ2n) is 5.72. The number of amides is 1. The maximum atomic E-state index is 11.9. The highest BCUT2D eigenvalue weighted by Gasteiger charge is 2.14. The summed E-state index contributed by atoms with van der Waals surface area (Å²) in [6.07, 6.45) is 0. The number of carbonyl (C=O) groups excluding carboxylic acids is 1. The molecule has 114 valence electrons. The summed E-state index contributed by atoms with van der Waals surface area (Å²) in [5.41, 5.74) is -0.239. The van der Waals surface area contributed by atoms with Gasteiger partial charge in [-0.1, -0.05) is 0 Å². The van der Waals surface area contributed by atoms with Crippen molar-refractivity contribution in [1.29, 1.82) is 0 Å². The normalized spacial score (nSPS) is 11.4. The Kier molecular flexibility index (Phi) is 4.62. The van der Waals surface area contributed by atoms with Crippen molar-refractivity contribution < 1.29 is 4.79 Å². The molecular formula is C14H21N5OS. The summed E-state index contributed by atoms with van der Waals surface area (Å²) in [4.78, 5) is 21.6. The molecule has 0 spiro atoms. The quantitative estimate of drug-likeness (QED) is 0.791. The summed E-state index contributed by atoms with van der Waals surface area (Å²) in [6.45, 7) is 8.79. The number of fused-ring (bicyclic) bond motifs is 1. The molecule has 0 saturated carbocycles. The summed E-state index contributed by atoms with van der Waals surface area (Å²) in [7, 11) is 0. The van der Waals surface area contributed by atoms with E-state index in [4.69, 9.17) is 0 Å². The molecule has 0 aliphatic rings. The molecule has 0 atom stereocenters. The molecule has 1 amide bonds. The van der Waals surface area contributed by atoms with Gasteiger partial charge in [0.25, 0.3) is 0 Å². The van der Waals surface area contributed by atoms with Crippen LogP contribution in [0.5, 0.6) is 0 Å². The number of rotatable bonds is 5. The fourth-order valence-corrected chi connectivity index (χ4v) is 2.62. The van der Waals surface area contributed by atoms with Crippen LogP contribution < -0.4 is 16.0 Å².